The van der Waals surface area contributed by atoms with Crippen LogP contribution in [0.5, 0.6) is 0 Å². The van der Waals surface area contributed by atoms with E-state index in [0.29, 0.717) is 24.0 Å². The Hall–Kier alpha value is -1.38. The molecule has 0 spiro atoms. The average molecular weight is 222 g/mol. The molecule has 16 heavy (non-hydrogen) atoms. The molecule has 1 fully saturated rings. The Morgan fingerprint density at radius 3 is 2.56 bits per heavy atom. The molecule has 0 bridgehead atoms. The van der Waals surface area contributed by atoms with Gasteiger partial charge in [0.15, 0.2) is 0 Å². The number of carboxylic acid groups (broad SMARTS) is 1. The Labute approximate surface area is 94.1 Å². The van der Waals surface area contributed by atoms with Gasteiger partial charge in [-0.2, -0.15) is 0 Å². The molecule has 1 aromatic rings. The number of hydrogen-bond donors (Lipinski definition) is 1. The van der Waals surface area contributed by atoms with Crippen LogP contribution in [0.3, 0.4) is 0 Å². The Balaban J connectivity index is 2.35. The van der Waals surface area contributed by atoms with Crippen LogP contribution in [0.25, 0.3) is 0 Å². The third-order valence-corrected chi connectivity index (χ3v) is 3.24. The van der Waals surface area contributed by atoms with E-state index in [2.05, 4.69) is 0 Å². The highest BCUT2D eigenvalue weighted by molar-refractivity contribution is 5.71. The fourth-order valence-electron chi connectivity index (χ4n) is 2.48. The van der Waals surface area contributed by atoms with Crippen molar-refractivity contribution in [3.8, 4) is 0 Å². The van der Waals surface area contributed by atoms with Crippen molar-refractivity contribution in [2.75, 3.05) is 0 Å². The van der Waals surface area contributed by atoms with Crippen LogP contribution in [-0.2, 0) is 16.9 Å². The molecule has 1 aliphatic rings. The third kappa shape index (κ3) is 2.08. The molecule has 0 saturated heterocycles. The van der Waals surface area contributed by atoms with Crippen LogP contribution in [0.15, 0.2) is 24.3 Å². The van der Waals surface area contributed by atoms with E-state index in [4.69, 9.17) is 5.11 Å². The molecule has 1 aromatic carbocycles. The topological polar surface area (TPSA) is 37.3 Å². The van der Waals surface area contributed by atoms with Crippen molar-refractivity contribution >= 4 is 5.97 Å². The summed E-state index contributed by atoms with van der Waals surface area (Å²) in [6, 6.07) is 6.98. The second kappa shape index (κ2) is 4.24. The SMILES string of the molecule is O=C(O)Cc1ccccc1C1(F)CCCC1. The molecule has 86 valence electrons. The minimum Gasteiger partial charge on any atom is -0.481 e. The van der Waals surface area contributed by atoms with E-state index in [-0.39, 0.29) is 6.42 Å². The Morgan fingerprint density at radius 2 is 1.94 bits per heavy atom. The van der Waals surface area contributed by atoms with Crippen LogP contribution in [0.4, 0.5) is 4.39 Å². The summed E-state index contributed by atoms with van der Waals surface area (Å²) in [5.41, 5.74) is -0.110. The first-order valence-corrected chi connectivity index (χ1v) is 5.61. The number of carboxylic acids is 1. The van der Waals surface area contributed by atoms with Gasteiger partial charge in [-0.25, -0.2) is 4.39 Å². The molecule has 0 radical (unpaired) electrons. The standard InChI is InChI=1S/C13H15FO2/c14-13(7-3-4-8-13)11-6-2-1-5-10(11)9-12(15)16/h1-2,5-6H,3-4,7-9H2,(H,15,16). The van der Waals surface area contributed by atoms with Crippen LogP contribution in [0.2, 0.25) is 0 Å². The first-order chi connectivity index (χ1) is 7.62. The average Bonchev–Trinajstić information content (AvgIpc) is 2.66. The zero-order valence-corrected chi connectivity index (χ0v) is 9.08. The molecule has 1 aliphatic carbocycles. The highest BCUT2D eigenvalue weighted by Crippen LogP contribution is 2.43. The van der Waals surface area contributed by atoms with Crippen LogP contribution in [0, 0.1) is 0 Å². The maximum atomic E-state index is 14.6. The number of carbonyl (C=O) groups is 1. The second-order valence-corrected chi connectivity index (χ2v) is 4.40. The minimum atomic E-state index is -1.30. The summed E-state index contributed by atoms with van der Waals surface area (Å²) in [5.74, 6) is -0.908. The summed E-state index contributed by atoms with van der Waals surface area (Å²) in [6.07, 6.45) is 2.71. The number of alkyl halides is 1. The quantitative estimate of drug-likeness (QED) is 0.853. The molecule has 0 atom stereocenters. The zero-order chi connectivity index (χ0) is 11.6. The Morgan fingerprint density at radius 1 is 1.31 bits per heavy atom. The molecule has 0 aliphatic heterocycles. The van der Waals surface area contributed by atoms with Gasteiger partial charge in [0, 0.05) is 0 Å². The van der Waals surface area contributed by atoms with Crippen molar-refractivity contribution in [1.82, 2.24) is 0 Å². The van der Waals surface area contributed by atoms with Crippen LogP contribution in [0.1, 0.15) is 36.8 Å². The first-order valence-electron chi connectivity index (χ1n) is 5.61. The van der Waals surface area contributed by atoms with Gasteiger partial charge in [-0.1, -0.05) is 24.3 Å². The summed E-state index contributed by atoms with van der Waals surface area (Å²) in [7, 11) is 0. The molecule has 3 heteroatoms. The highest BCUT2D eigenvalue weighted by atomic mass is 19.1. The maximum absolute atomic E-state index is 14.6. The van der Waals surface area contributed by atoms with Gasteiger partial charge < -0.3 is 5.11 Å². The Bertz CT molecular complexity index is 395. The largest absolute Gasteiger partial charge is 0.481 e. The van der Waals surface area contributed by atoms with Crippen molar-refractivity contribution in [3.63, 3.8) is 0 Å². The molecular weight excluding hydrogens is 207 g/mol. The van der Waals surface area contributed by atoms with E-state index in [9.17, 15) is 9.18 Å². The number of rotatable bonds is 3. The van der Waals surface area contributed by atoms with Crippen LogP contribution in [-0.4, -0.2) is 11.1 Å². The van der Waals surface area contributed by atoms with Crippen molar-refractivity contribution < 1.29 is 14.3 Å². The van der Waals surface area contributed by atoms with Crippen LogP contribution < -0.4 is 0 Å². The van der Waals surface area contributed by atoms with Gasteiger partial charge in [-0.05, 0) is 36.8 Å². The van der Waals surface area contributed by atoms with Crippen LogP contribution >= 0.6 is 0 Å². The molecule has 2 nitrogen and oxygen atoms in total. The van der Waals surface area contributed by atoms with Crippen molar-refractivity contribution in [1.29, 1.82) is 0 Å². The van der Waals surface area contributed by atoms with E-state index in [0.717, 1.165) is 12.8 Å². The molecule has 0 unspecified atom stereocenters. The van der Waals surface area contributed by atoms with E-state index in [1.54, 1.807) is 24.3 Å². The lowest BCUT2D eigenvalue weighted by Gasteiger charge is -2.22. The molecule has 0 heterocycles. The molecule has 1 saturated carbocycles. The van der Waals surface area contributed by atoms with Gasteiger partial charge in [0.1, 0.15) is 5.67 Å². The molecule has 0 amide bonds. The summed E-state index contributed by atoms with van der Waals surface area (Å²) in [4.78, 5) is 10.7. The van der Waals surface area contributed by atoms with E-state index in [1.165, 1.54) is 0 Å². The van der Waals surface area contributed by atoms with Gasteiger partial charge in [0.05, 0.1) is 6.42 Å². The van der Waals surface area contributed by atoms with Gasteiger partial charge >= 0.3 is 5.97 Å². The van der Waals surface area contributed by atoms with Gasteiger partial charge in [0.2, 0.25) is 0 Å². The predicted molar refractivity (Wildman–Crippen MR) is 59.0 cm³/mol. The third-order valence-electron chi connectivity index (χ3n) is 3.24. The summed E-state index contributed by atoms with van der Waals surface area (Å²) >= 11 is 0. The zero-order valence-electron chi connectivity index (χ0n) is 9.08. The van der Waals surface area contributed by atoms with E-state index in [1.807, 2.05) is 0 Å². The number of halogens is 1. The maximum Gasteiger partial charge on any atom is 0.307 e. The second-order valence-electron chi connectivity index (χ2n) is 4.40. The molecular formula is C13H15FO2. The fraction of sp³-hybridized carbons (Fsp3) is 0.462. The predicted octanol–water partition coefficient (Wildman–Crippen LogP) is 3.05. The van der Waals surface area contributed by atoms with Gasteiger partial charge in [-0.3, -0.25) is 4.79 Å². The summed E-state index contributed by atoms with van der Waals surface area (Å²) in [5, 5.41) is 8.80. The fourth-order valence-corrected chi connectivity index (χ4v) is 2.48. The number of hydrogen-bond acceptors (Lipinski definition) is 1. The summed E-state index contributed by atoms with van der Waals surface area (Å²) in [6.45, 7) is 0. The molecule has 2 rings (SSSR count). The van der Waals surface area contributed by atoms with Crippen molar-refractivity contribution in [3.05, 3.63) is 35.4 Å². The monoisotopic (exact) mass is 222 g/mol. The van der Waals surface area contributed by atoms with Gasteiger partial charge in [-0.15, -0.1) is 0 Å². The van der Waals surface area contributed by atoms with Crippen molar-refractivity contribution in [2.45, 2.75) is 37.8 Å². The first kappa shape index (κ1) is 11.1. The van der Waals surface area contributed by atoms with Gasteiger partial charge in [0.25, 0.3) is 0 Å². The lowest BCUT2D eigenvalue weighted by molar-refractivity contribution is -0.136. The molecule has 1 N–H and O–H groups in total. The number of benzene rings is 1. The number of aliphatic carboxylic acids is 1. The lowest BCUT2D eigenvalue weighted by atomic mass is 9.89. The molecule has 0 aromatic heterocycles. The minimum absolute atomic E-state index is 0.0954. The summed E-state index contributed by atoms with van der Waals surface area (Å²) < 4.78 is 14.6. The normalized spacial score (nSPS) is 18.6. The Kier molecular flexibility index (Phi) is 2.95. The van der Waals surface area contributed by atoms with E-state index >= 15 is 0 Å². The van der Waals surface area contributed by atoms with E-state index < -0.39 is 11.6 Å². The smallest absolute Gasteiger partial charge is 0.307 e. The highest BCUT2D eigenvalue weighted by Gasteiger charge is 2.37. The lowest BCUT2D eigenvalue weighted by Crippen LogP contribution is -2.18. The van der Waals surface area contributed by atoms with Crippen molar-refractivity contribution in [2.24, 2.45) is 0 Å².